The van der Waals surface area contributed by atoms with Gasteiger partial charge in [-0.25, -0.2) is 4.79 Å². The number of carbonyl (C=O) groups excluding carboxylic acids is 2. The topological polar surface area (TPSA) is 136 Å². The van der Waals surface area contributed by atoms with E-state index in [1.165, 1.54) is 14.2 Å². The summed E-state index contributed by atoms with van der Waals surface area (Å²) >= 11 is 7.37. The van der Waals surface area contributed by atoms with Crippen LogP contribution in [-0.4, -0.2) is 30.7 Å². The monoisotopic (exact) mass is 522 g/mol. The molecule has 1 aliphatic heterocycles. The van der Waals surface area contributed by atoms with Crippen molar-refractivity contribution in [2.45, 2.75) is 5.92 Å². The third kappa shape index (κ3) is 4.37. The van der Waals surface area contributed by atoms with Crippen molar-refractivity contribution in [1.29, 1.82) is 5.26 Å². The van der Waals surface area contributed by atoms with E-state index >= 15 is 0 Å². The molecular weight excluding hydrogens is 504 g/mol. The van der Waals surface area contributed by atoms with E-state index in [0.29, 0.717) is 22.0 Å². The van der Waals surface area contributed by atoms with E-state index in [4.69, 9.17) is 22.1 Å². The second-order valence-electron chi connectivity index (χ2n) is 7.54. The molecule has 36 heavy (non-hydrogen) atoms. The molecular formula is C25H19ClN4O5S. The number of carbonyl (C=O) groups is 2. The number of ether oxygens (including phenoxy) is 2. The smallest absolute Gasteiger partial charge is 0.332 e. The summed E-state index contributed by atoms with van der Waals surface area (Å²) in [6.45, 7) is 0. The standard InChI is InChI=1S/C25H19ClN4O5S/c1-34-14-9-7-13(8-10-14)29-23(32)21-20(15-5-3-4-6-17(15)26)16(12-27)22(28)30-24(33)18(36-25(21)30)11-19(31)35-2/h3-11,20H,28H2,1-2H3,(H,29,32)/b18-11-/t20-/m1/s1. The van der Waals surface area contributed by atoms with Crippen molar-refractivity contribution in [3.8, 4) is 11.8 Å². The minimum absolute atomic E-state index is 0.00774. The van der Waals surface area contributed by atoms with Crippen LogP contribution in [0.4, 0.5) is 5.69 Å². The number of thiazole rings is 1. The number of hydrogen-bond donors (Lipinski definition) is 2. The number of fused-ring (bicyclic) bond motifs is 1. The van der Waals surface area contributed by atoms with E-state index in [2.05, 4.69) is 10.1 Å². The molecule has 1 amide bonds. The van der Waals surface area contributed by atoms with Crippen LogP contribution in [0.25, 0.3) is 17.5 Å². The Morgan fingerprint density at radius 2 is 1.89 bits per heavy atom. The minimum atomic E-state index is -0.967. The van der Waals surface area contributed by atoms with Crippen molar-refractivity contribution < 1.29 is 19.1 Å². The SMILES string of the molecule is COC(=O)/C=c1\sc2n(c1=O)C(N)=C(C#N)[C@@H](c1ccccc1Cl)C=2C(=O)Nc1ccc(OC)cc1. The molecule has 11 heteroatoms. The van der Waals surface area contributed by atoms with Gasteiger partial charge in [-0.3, -0.25) is 14.2 Å². The number of nitrogens with two attached hydrogens (primary N) is 1. The average Bonchev–Trinajstić information content (AvgIpc) is 3.20. The van der Waals surface area contributed by atoms with Crippen LogP contribution in [0.3, 0.4) is 0 Å². The zero-order chi connectivity index (χ0) is 26.0. The van der Waals surface area contributed by atoms with Crippen molar-refractivity contribution in [3.63, 3.8) is 0 Å². The van der Waals surface area contributed by atoms with Gasteiger partial charge in [-0.1, -0.05) is 29.8 Å². The maximum absolute atomic E-state index is 13.7. The molecule has 2 aromatic carbocycles. The average molecular weight is 523 g/mol. The van der Waals surface area contributed by atoms with E-state index in [-0.39, 0.29) is 26.2 Å². The number of allylic oxidation sites excluding steroid dienone is 1. The van der Waals surface area contributed by atoms with Crippen LogP contribution in [0.5, 0.6) is 5.75 Å². The number of rotatable bonds is 5. The van der Waals surface area contributed by atoms with E-state index in [1.807, 2.05) is 6.07 Å². The highest BCUT2D eigenvalue weighted by Crippen LogP contribution is 2.39. The normalized spacial score (nSPS) is 15.2. The lowest BCUT2D eigenvalue weighted by Gasteiger charge is -2.26. The Hall–Kier alpha value is -4.33. The number of benzene rings is 2. The summed E-state index contributed by atoms with van der Waals surface area (Å²) in [4.78, 5) is 38.8. The van der Waals surface area contributed by atoms with Gasteiger partial charge in [0.25, 0.3) is 11.5 Å². The van der Waals surface area contributed by atoms with Crippen LogP contribution in [0.15, 0.2) is 58.9 Å². The van der Waals surface area contributed by atoms with Gasteiger partial charge >= 0.3 is 5.97 Å². The molecule has 1 aromatic heterocycles. The Balaban J connectivity index is 2.03. The number of nitrogens with zero attached hydrogens (tertiary/aromatic N) is 2. The van der Waals surface area contributed by atoms with Gasteiger partial charge in [0.1, 0.15) is 20.8 Å². The number of methoxy groups -OCH3 is 2. The molecule has 0 unspecified atom stereocenters. The first-order chi connectivity index (χ1) is 17.3. The summed E-state index contributed by atoms with van der Waals surface area (Å²) in [5.74, 6) is -1.84. The number of hydrogen-bond acceptors (Lipinski definition) is 8. The fourth-order valence-electron chi connectivity index (χ4n) is 3.83. The number of halogens is 1. The summed E-state index contributed by atoms with van der Waals surface area (Å²) in [6.07, 6.45) is 1.02. The number of amides is 1. The summed E-state index contributed by atoms with van der Waals surface area (Å²) in [5, 5.41) is 13.2. The third-order valence-corrected chi connectivity index (χ3v) is 6.98. The Morgan fingerprint density at radius 1 is 1.19 bits per heavy atom. The second-order valence-corrected chi connectivity index (χ2v) is 8.98. The number of esters is 1. The van der Waals surface area contributed by atoms with Crippen LogP contribution >= 0.6 is 22.9 Å². The lowest BCUT2D eigenvalue weighted by atomic mass is 9.83. The first-order valence-corrected chi connectivity index (χ1v) is 11.7. The third-order valence-electron chi connectivity index (χ3n) is 5.53. The zero-order valence-corrected chi connectivity index (χ0v) is 20.6. The lowest BCUT2D eigenvalue weighted by molar-refractivity contribution is -0.133. The molecule has 0 saturated heterocycles. The van der Waals surface area contributed by atoms with Crippen molar-refractivity contribution in [2.75, 3.05) is 19.5 Å². The highest BCUT2D eigenvalue weighted by atomic mass is 35.5. The van der Waals surface area contributed by atoms with E-state index in [1.54, 1.807) is 48.5 Å². The molecule has 0 fully saturated rings. The van der Waals surface area contributed by atoms with Crippen LogP contribution in [-0.2, 0) is 14.3 Å². The number of aromatic nitrogens is 1. The molecule has 0 bridgehead atoms. The van der Waals surface area contributed by atoms with Gasteiger partial charge in [0.15, 0.2) is 0 Å². The van der Waals surface area contributed by atoms with Crippen LogP contribution in [0.1, 0.15) is 11.5 Å². The zero-order valence-electron chi connectivity index (χ0n) is 19.1. The predicted octanol–water partition coefficient (Wildman–Crippen LogP) is 1.76. The molecule has 3 N–H and O–H groups in total. The summed E-state index contributed by atoms with van der Waals surface area (Å²) < 4.78 is 11.0. The van der Waals surface area contributed by atoms with E-state index in [0.717, 1.165) is 22.0 Å². The highest BCUT2D eigenvalue weighted by Gasteiger charge is 2.36. The van der Waals surface area contributed by atoms with Gasteiger partial charge in [-0.2, -0.15) is 5.26 Å². The number of nitrogens with one attached hydrogen (secondary N) is 1. The van der Waals surface area contributed by atoms with Crippen molar-refractivity contribution in [1.82, 2.24) is 4.57 Å². The summed E-state index contributed by atoms with van der Waals surface area (Å²) in [5.41, 5.74) is 6.62. The van der Waals surface area contributed by atoms with Crippen molar-refractivity contribution in [3.05, 3.63) is 84.2 Å². The fraction of sp³-hybridized carbons (Fsp3) is 0.120. The van der Waals surface area contributed by atoms with Gasteiger partial charge in [-0.15, -0.1) is 11.3 Å². The first kappa shape index (κ1) is 24.8. The molecule has 9 nitrogen and oxygen atoms in total. The van der Waals surface area contributed by atoms with Crippen molar-refractivity contribution in [2.24, 2.45) is 5.73 Å². The van der Waals surface area contributed by atoms with Crippen molar-refractivity contribution >= 4 is 58.0 Å². The Bertz CT molecular complexity index is 1630. The molecule has 0 radical (unpaired) electrons. The fourth-order valence-corrected chi connectivity index (χ4v) is 5.21. The molecule has 0 spiro atoms. The first-order valence-electron chi connectivity index (χ1n) is 10.5. The largest absolute Gasteiger partial charge is 0.497 e. The Kier molecular flexibility index (Phi) is 6.96. The maximum atomic E-state index is 13.7. The molecule has 4 rings (SSSR count). The molecule has 0 saturated carbocycles. The molecule has 1 atom stereocenters. The van der Waals surface area contributed by atoms with Gasteiger partial charge in [-0.05, 0) is 35.9 Å². The molecule has 182 valence electrons. The molecule has 0 aliphatic carbocycles. The second kappa shape index (κ2) is 10.1. The van der Waals surface area contributed by atoms with Gasteiger partial charge in [0.05, 0.1) is 37.4 Å². The summed E-state index contributed by atoms with van der Waals surface area (Å²) in [7, 11) is 2.71. The van der Waals surface area contributed by atoms with Gasteiger partial charge in [0.2, 0.25) is 0 Å². The quantitative estimate of drug-likeness (QED) is 0.487. The number of anilines is 1. The Labute approximate surface area is 213 Å². The maximum Gasteiger partial charge on any atom is 0.332 e. The minimum Gasteiger partial charge on any atom is -0.497 e. The van der Waals surface area contributed by atoms with Crippen LogP contribution < -0.4 is 30.5 Å². The molecule has 1 aliphatic rings. The molecule has 3 aromatic rings. The lowest BCUT2D eigenvalue weighted by Crippen LogP contribution is -2.41. The summed E-state index contributed by atoms with van der Waals surface area (Å²) in [6, 6.07) is 15.5. The van der Waals surface area contributed by atoms with E-state index < -0.39 is 23.4 Å². The number of nitriles is 1. The van der Waals surface area contributed by atoms with Gasteiger partial charge in [0, 0.05) is 16.8 Å². The van der Waals surface area contributed by atoms with E-state index in [9.17, 15) is 19.6 Å². The Morgan fingerprint density at radius 3 is 2.50 bits per heavy atom. The van der Waals surface area contributed by atoms with Crippen LogP contribution in [0.2, 0.25) is 5.02 Å². The predicted molar refractivity (Wildman–Crippen MR) is 137 cm³/mol. The molecule has 2 heterocycles. The van der Waals surface area contributed by atoms with Crippen LogP contribution in [0, 0.1) is 11.3 Å². The highest BCUT2D eigenvalue weighted by molar-refractivity contribution is 7.07. The van der Waals surface area contributed by atoms with Gasteiger partial charge < -0.3 is 20.5 Å².